The highest BCUT2D eigenvalue weighted by molar-refractivity contribution is 5.88. The number of carboxylic acids is 1. The first-order valence-electron chi connectivity index (χ1n) is 8.76. The van der Waals surface area contributed by atoms with E-state index < -0.39 is 5.97 Å². The molecule has 1 aromatic heterocycles. The van der Waals surface area contributed by atoms with Crippen molar-refractivity contribution in [3.05, 3.63) is 58.8 Å². The van der Waals surface area contributed by atoms with Gasteiger partial charge in [0.25, 0.3) is 0 Å². The molecule has 0 aliphatic rings. The molecule has 150 valence electrons. The summed E-state index contributed by atoms with van der Waals surface area (Å²) >= 11 is 0. The van der Waals surface area contributed by atoms with E-state index in [2.05, 4.69) is 5.16 Å². The Morgan fingerprint density at radius 1 is 1.00 bits per heavy atom. The Morgan fingerprint density at radius 3 is 2.14 bits per heavy atom. The molecular weight excluding hydrogens is 374 g/mol. The van der Waals surface area contributed by atoms with Gasteiger partial charge < -0.3 is 23.8 Å². The summed E-state index contributed by atoms with van der Waals surface area (Å²) in [6.07, 6.45) is 3.74. The Labute approximate surface area is 168 Å². The number of ether oxygens (including phenoxy) is 3. The molecule has 3 rings (SSSR count). The fraction of sp³-hybridized carbons (Fsp3) is 0.182. The number of benzene rings is 2. The standard InChI is InChI=1S/C22H21NO6/c1-13-17(10-7-14-5-8-15(9-6-14)22(24)25)20(23-29-13)16-11-18(26-2)21(28-4)19(12-16)27-3/h5-12H,1-4H3,(H,24,25)/b10-7+. The predicted molar refractivity (Wildman–Crippen MR) is 109 cm³/mol. The highest BCUT2D eigenvalue weighted by Crippen LogP contribution is 2.42. The van der Waals surface area contributed by atoms with Crippen LogP contribution in [0.1, 0.15) is 27.2 Å². The number of aromatic carboxylic acids is 1. The first-order chi connectivity index (χ1) is 14.0. The van der Waals surface area contributed by atoms with Gasteiger partial charge in [-0.15, -0.1) is 0 Å². The van der Waals surface area contributed by atoms with Gasteiger partial charge in [-0.25, -0.2) is 4.79 Å². The number of aryl methyl sites for hydroxylation is 1. The van der Waals surface area contributed by atoms with Gasteiger partial charge in [-0.3, -0.25) is 0 Å². The van der Waals surface area contributed by atoms with Crippen LogP contribution in [0.15, 0.2) is 40.9 Å². The summed E-state index contributed by atoms with van der Waals surface area (Å²) in [4.78, 5) is 11.0. The number of aromatic nitrogens is 1. The molecule has 0 aliphatic heterocycles. The minimum atomic E-state index is -0.958. The molecular formula is C22H21NO6. The number of hydrogen-bond acceptors (Lipinski definition) is 6. The normalized spacial score (nSPS) is 10.9. The molecule has 0 atom stereocenters. The molecule has 7 nitrogen and oxygen atoms in total. The van der Waals surface area contributed by atoms with Crippen molar-refractivity contribution < 1.29 is 28.6 Å². The number of methoxy groups -OCH3 is 3. The third kappa shape index (κ3) is 4.08. The molecule has 1 heterocycles. The first-order valence-corrected chi connectivity index (χ1v) is 8.76. The van der Waals surface area contributed by atoms with Gasteiger partial charge in [0.2, 0.25) is 5.75 Å². The second kappa shape index (κ2) is 8.52. The molecule has 0 unspecified atom stereocenters. The van der Waals surface area contributed by atoms with E-state index in [-0.39, 0.29) is 5.56 Å². The van der Waals surface area contributed by atoms with Crippen molar-refractivity contribution >= 4 is 18.1 Å². The zero-order valence-corrected chi connectivity index (χ0v) is 16.6. The maximum absolute atomic E-state index is 11.0. The van der Waals surface area contributed by atoms with Crippen LogP contribution in [-0.2, 0) is 0 Å². The number of carbonyl (C=O) groups is 1. The van der Waals surface area contributed by atoms with E-state index in [4.69, 9.17) is 23.8 Å². The van der Waals surface area contributed by atoms with Crippen LogP contribution >= 0.6 is 0 Å². The van der Waals surface area contributed by atoms with Crippen LogP contribution in [0.3, 0.4) is 0 Å². The van der Waals surface area contributed by atoms with E-state index >= 15 is 0 Å². The highest BCUT2D eigenvalue weighted by Gasteiger charge is 2.19. The first kappa shape index (κ1) is 20.0. The minimum Gasteiger partial charge on any atom is -0.493 e. The van der Waals surface area contributed by atoms with E-state index in [1.807, 2.05) is 19.1 Å². The van der Waals surface area contributed by atoms with Crippen LogP contribution in [-0.4, -0.2) is 37.6 Å². The number of hydrogen-bond donors (Lipinski definition) is 1. The van der Waals surface area contributed by atoms with Crippen molar-refractivity contribution in [1.29, 1.82) is 0 Å². The average Bonchev–Trinajstić information content (AvgIpc) is 3.11. The van der Waals surface area contributed by atoms with Crippen molar-refractivity contribution in [3.63, 3.8) is 0 Å². The summed E-state index contributed by atoms with van der Waals surface area (Å²) in [6.45, 7) is 1.82. The van der Waals surface area contributed by atoms with Gasteiger partial charge in [-0.05, 0) is 42.8 Å². The summed E-state index contributed by atoms with van der Waals surface area (Å²) in [5.74, 6) is 1.21. The summed E-state index contributed by atoms with van der Waals surface area (Å²) in [5.41, 5.74) is 3.26. The fourth-order valence-electron chi connectivity index (χ4n) is 2.92. The molecule has 7 heteroatoms. The molecule has 0 spiro atoms. The van der Waals surface area contributed by atoms with E-state index in [1.54, 1.807) is 57.7 Å². The van der Waals surface area contributed by atoms with Gasteiger partial charge >= 0.3 is 5.97 Å². The van der Waals surface area contributed by atoms with Crippen molar-refractivity contribution in [1.82, 2.24) is 5.16 Å². The molecule has 0 bridgehead atoms. The van der Waals surface area contributed by atoms with Gasteiger partial charge in [0.15, 0.2) is 11.5 Å². The van der Waals surface area contributed by atoms with E-state index in [1.165, 1.54) is 0 Å². The SMILES string of the molecule is COc1cc(-c2noc(C)c2/C=C/c2ccc(C(=O)O)cc2)cc(OC)c1OC. The fourth-order valence-corrected chi connectivity index (χ4v) is 2.92. The Kier molecular flexibility index (Phi) is 5.87. The van der Waals surface area contributed by atoms with Crippen LogP contribution in [0, 0.1) is 6.92 Å². The Hall–Kier alpha value is -3.74. The molecule has 3 aromatic rings. The van der Waals surface area contributed by atoms with Crippen LogP contribution in [0.25, 0.3) is 23.4 Å². The molecule has 0 saturated carbocycles. The van der Waals surface area contributed by atoms with Gasteiger partial charge in [0.1, 0.15) is 11.5 Å². The summed E-state index contributed by atoms with van der Waals surface area (Å²) in [7, 11) is 4.65. The molecule has 29 heavy (non-hydrogen) atoms. The van der Waals surface area contributed by atoms with Gasteiger partial charge in [0.05, 0.1) is 26.9 Å². The van der Waals surface area contributed by atoms with E-state index in [0.29, 0.717) is 28.7 Å². The Morgan fingerprint density at radius 2 is 1.62 bits per heavy atom. The lowest BCUT2D eigenvalue weighted by molar-refractivity contribution is 0.0697. The van der Waals surface area contributed by atoms with Crippen LogP contribution in [0.2, 0.25) is 0 Å². The quantitative estimate of drug-likeness (QED) is 0.628. The lowest BCUT2D eigenvalue weighted by atomic mass is 10.0. The van der Waals surface area contributed by atoms with Crippen molar-refractivity contribution in [2.24, 2.45) is 0 Å². The van der Waals surface area contributed by atoms with Crippen molar-refractivity contribution in [3.8, 4) is 28.5 Å². The van der Waals surface area contributed by atoms with Crippen LogP contribution in [0.4, 0.5) is 0 Å². The lowest BCUT2D eigenvalue weighted by Crippen LogP contribution is -1.96. The molecule has 2 aromatic carbocycles. The summed E-state index contributed by atoms with van der Waals surface area (Å²) in [6, 6.07) is 10.2. The number of nitrogens with zero attached hydrogens (tertiary/aromatic N) is 1. The molecule has 0 amide bonds. The zero-order valence-electron chi connectivity index (χ0n) is 16.6. The lowest BCUT2D eigenvalue weighted by Gasteiger charge is -2.13. The smallest absolute Gasteiger partial charge is 0.335 e. The topological polar surface area (TPSA) is 91.0 Å². The van der Waals surface area contributed by atoms with Crippen LogP contribution < -0.4 is 14.2 Å². The summed E-state index contributed by atoms with van der Waals surface area (Å²) < 4.78 is 21.6. The summed E-state index contributed by atoms with van der Waals surface area (Å²) in [5, 5.41) is 13.2. The zero-order chi connectivity index (χ0) is 21.0. The maximum Gasteiger partial charge on any atom is 0.335 e. The molecule has 0 aliphatic carbocycles. The Balaban J connectivity index is 2.01. The number of carboxylic acid groups (broad SMARTS) is 1. The van der Waals surface area contributed by atoms with E-state index in [0.717, 1.165) is 16.7 Å². The molecule has 0 radical (unpaired) electrons. The second-order valence-corrected chi connectivity index (χ2v) is 6.18. The monoisotopic (exact) mass is 395 g/mol. The van der Waals surface area contributed by atoms with Crippen molar-refractivity contribution in [2.75, 3.05) is 21.3 Å². The third-order valence-corrected chi connectivity index (χ3v) is 4.45. The Bertz CT molecular complexity index is 1020. The van der Waals surface area contributed by atoms with Gasteiger partial charge in [0, 0.05) is 11.1 Å². The average molecular weight is 395 g/mol. The second-order valence-electron chi connectivity index (χ2n) is 6.18. The molecule has 1 N–H and O–H groups in total. The minimum absolute atomic E-state index is 0.237. The molecule has 0 fully saturated rings. The van der Waals surface area contributed by atoms with E-state index in [9.17, 15) is 4.79 Å². The third-order valence-electron chi connectivity index (χ3n) is 4.45. The number of rotatable bonds is 7. The predicted octanol–water partition coefficient (Wildman–Crippen LogP) is 4.54. The van der Waals surface area contributed by atoms with Crippen molar-refractivity contribution in [2.45, 2.75) is 6.92 Å². The largest absolute Gasteiger partial charge is 0.493 e. The van der Waals surface area contributed by atoms with Gasteiger partial charge in [-0.1, -0.05) is 23.4 Å². The van der Waals surface area contributed by atoms with Crippen LogP contribution in [0.5, 0.6) is 17.2 Å². The molecule has 0 saturated heterocycles. The maximum atomic E-state index is 11.0. The highest BCUT2D eigenvalue weighted by atomic mass is 16.5. The van der Waals surface area contributed by atoms with Gasteiger partial charge in [-0.2, -0.15) is 0 Å².